The van der Waals surface area contributed by atoms with Crippen LogP contribution in [0.25, 0.3) is 0 Å². The van der Waals surface area contributed by atoms with Crippen molar-refractivity contribution in [1.29, 1.82) is 0 Å². The van der Waals surface area contributed by atoms with E-state index in [9.17, 15) is 13.2 Å². The molecule has 2 fully saturated rings. The summed E-state index contributed by atoms with van der Waals surface area (Å²) in [5.41, 5.74) is 6.32. The number of carbonyl (C=O) groups excluding carboxylic acids is 1. The van der Waals surface area contributed by atoms with E-state index in [1.165, 1.54) is 0 Å². The number of benzene rings is 1. The predicted octanol–water partition coefficient (Wildman–Crippen LogP) is 2.64. The highest BCUT2D eigenvalue weighted by atomic mass is 35.5. The van der Waals surface area contributed by atoms with Crippen LogP contribution < -0.4 is 5.73 Å². The molecule has 1 saturated heterocycles. The summed E-state index contributed by atoms with van der Waals surface area (Å²) in [6, 6.07) is 6.45. The predicted molar refractivity (Wildman–Crippen MR) is 101 cm³/mol. The van der Waals surface area contributed by atoms with Crippen molar-refractivity contribution in [3.63, 3.8) is 0 Å². The van der Waals surface area contributed by atoms with E-state index in [1.807, 2.05) is 4.90 Å². The third-order valence-corrected chi connectivity index (χ3v) is 7.79. The van der Waals surface area contributed by atoms with Crippen LogP contribution in [0, 0.1) is 5.41 Å². The van der Waals surface area contributed by atoms with Gasteiger partial charge in [-0.15, -0.1) is 12.4 Å². The molecule has 2 N–H and O–H groups in total. The van der Waals surface area contributed by atoms with Gasteiger partial charge in [0.2, 0.25) is 0 Å². The van der Waals surface area contributed by atoms with Gasteiger partial charge in [-0.05, 0) is 55.5 Å². The quantitative estimate of drug-likeness (QED) is 0.862. The average molecular weight is 387 g/mol. The molecule has 1 unspecified atom stereocenters. The zero-order chi connectivity index (χ0) is 17.4. The van der Waals surface area contributed by atoms with Gasteiger partial charge < -0.3 is 10.6 Å². The Labute approximate surface area is 156 Å². The van der Waals surface area contributed by atoms with Crippen molar-refractivity contribution >= 4 is 28.2 Å². The second-order valence-electron chi connectivity index (χ2n) is 7.47. The molecule has 1 heterocycles. The van der Waals surface area contributed by atoms with Crippen LogP contribution in [-0.4, -0.2) is 44.1 Å². The molecular formula is C18H27ClN2O3S. The van der Waals surface area contributed by atoms with Crippen LogP contribution in [0.5, 0.6) is 0 Å². The normalized spacial score (nSPS) is 24.3. The smallest absolute Gasteiger partial charge is 0.253 e. The number of amides is 1. The summed E-state index contributed by atoms with van der Waals surface area (Å²) in [4.78, 5) is 14.7. The first-order valence-corrected chi connectivity index (χ1v) is 10.2. The first-order valence-electron chi connectivity index (χ1n) is 8.69. The van der Waals surface area contributed by atoms with E-state index in [4.69, 9.17) is 5.73 Å². The van der Waals surface area contributed by atoms with E-state index in [0.717, 1.165) is 32.1 Å². The van der Waals surface area contributed by atoms with E-state index in [0.29, 0.717) is 30.1 Å². The standard InChI is InChI=1S/C18H26N2O3S.ClH/c1-18(12-19)10-11-20(13-18)17(21)14-6-8-16(9-7-14)24(22,23)15-4-2-3-5-15;/h6-9,15H,2-5,10-13,19H2,1H3;1H. The Morgan fingerprint density at radius 3 is 2.36 bits per heavy atom. The molecule has 25 heavy (non-hydrogen) atoms. The topological polar surface area (TPSA) is 80.5 Å². The van der Waals surface area contributed by atoms with E-state index in [2.05, 4.69) is 6.92 Å². The number of halogens is 1. The van der Waals surface area contributed by atoms with Crippen LogP contribution in [0.2, 0.25) is 0 Å². The number of nitrogens with two attached hydrogens (primary N) is 1. The molecule has 1 saturated carbocycles. The van der Waals surface area contributed by atoms with Gasteiger partial charge in [-0.2, -0.15) is 0 Å². The molecule has 0 radical (unpaired) electrons. The highest BCUT2D eigenvalue weighted by Gasteiger charge is 2.35. The molecule has 1 amide bonds. The van der Waals surface area contributed by atoms with Gasteiger partial charge in [0.05, 0.1) is 10.1 Å². The van der Waals surface area contributed by atoms with Gasteiger partial charge in [0.15, 0.2) is 9.84 Å². The number of likely N-dealkylation sites (tertiary alicyclic amines) is 1. The van der Waals surface area contributed by atoms with Crippen molar-refractivity contribution in [2.45, 2.75) is 49.2 Å². The van der Waals surface area contributed by atoms with E-state index in [-0.39, 0.29) is 29.0 Å². The lowest BCUT2D eigenvalue weighted by molar-refractivity contribution is 0.0777. The Morgan fingerprint density at radius 1 is 1.24 bits per heavy atom. The summed E-state index contributed by atoms with van der Waals surface area (Å²) in [7, 11) is -3.26. The lowest BCUT2D eigenvalue weighted by Gasteiger charge is -2.22. The van der Waals surface area contributed by atoms with E-state index in [1.54, 1.807) is 24.3 Å². The summed E-state index contributed by atoms with van der Waals surface area (Å²) in [5.74, 6) is -0.0445. The second-order valence-corrected chi connectivity index (χ2v) is 9.70. The Hall–Kier alpha value is -1.11. The van der Waals surface area contributed by atoms with E-state index < -0.39 is 9.84 Å². The summed E-state index contributed by atoms with van der Waals surface area (Å²) in [6.07, 6.45) is 4.36. The van der Waals surface area contributed by atoms with Crippen LogP contribution >= 0.6 is 12.4 Å². The Kier molecular flexibility index (Phi) is 6.17. The van der Waals surface area contributed by atoms with Gasteiger partial charge in [0.25, 0.3) is 5.91 Å². The fourth-order valence-corrected chi connectivity index (χ4v) is 5.58. The van der Waals surface area contributed by atoms with Crippen molar-refractivity contribution in [2.24, 2.45) is 11.1 Å². The molecule has 7 heteroatoms. The summed E-state index contributed by atoms with van der Waals surface area (Å²) in [5, 5.41) is -0.261. The molecule has 0 bridgehead atoms. The number of hydrogen-bond acceptors (Lipinski definition) is 4. The van der Waals surface area contributed by atoms with Gasteiger partial charge in [-0.25, -0.2) is 8.42 Å². The zero-order valence-corrected chi connectivity index (χ0v) is 16.2. The minimum atomic E-state index is -3.26. The SMILES string of the molecule is CC1(CN)CCN(C(=O)c2ccc(S(=O)(=O)C3CCCC3)cc2)C1.Cl. The molecule has 140 valence electrons. The largest absolute Gasteiger partial charge is 0.338 e. The van der Waals surface area contributed by atoms with Crippen LogP contribution in [-0.2, 0) is 9.84 Å². The van der Waals surface area contributed by atoms with Gasteiger partial charge in [0.1, 0.15) is 0 Å². The molecule has 3 rings (SSSR count). The van der Waals surface area contributed by atoms with Crippen LogP contribution in [0.4, 0.5) is 0 Å². The van der Waals surface area contributed by atoms with Crippen LogP contribution in [0.1, 0.15) is 49.4 Å². The Morgan fingerprint density at radius 2 is 1.84 bits per heavy atom. The molecular weight excluding hydrogens is 360 g/mol. The fraction of sp³-hybridized carbons (Fsp3) is 0.611. The zero-order valence-electron chi connectivity index (χ0n) is 14.6. The highest BCUT2D eigenvalue weighted by Crippen LogP contribution is 2.31. The summed E-state index contributed by atoms with van der Waals surface area (Å²) < 4.78 is 25.2. The minimum Gasteiger partial charge on any atom is -0.338 e. The highest BCUT2D eigenvalue weighted by molar-refractivity contribution is 7.92. The molecule has 1 aromatic rings. The first kappa shape index (κ1) is 20.2. The van der Waals surface area contributed by atoms with Crippen molar-refractivity contribution in [3.05, 3.63) is 29.8 Å². The maximum Gasteiger partial charge on any atom is 0.253 e. The van der Waals surface area contributed by atoms with E-state index >= 15 is 0 Å². The van der Waals surface area contributed by atoms with Gasteiger partial charge in [-0.3, -0.25) is 4.79 Å². The molecule has 1 aromatic carbocycles. The van der Waals surface area contributed by atoms with Gasteiger partial charge >= 0.3 is 0 Å². The number of rotatable bonds is 4. The van der Waals surface area contributed by atoms with Crippen molar-refractivity contribution < 1.29 is 13.2 Å². The third-order valence-electron chi connectivity index (χ3n) is 5.51. The van der Waals surface area contributed by atoms with Crippen molar-refractivity contribution in [3.8, 4) is 0 Å². The summed E-state index contributed by atoms with van der Waals surface area (Å²) in [6.45, 7) is 4.02. The molecule has 1 aliphatic carbocycles. The lowest BCUT2D eigenvalue weighted by atomic mass is 9.90. The van der Waals surface area contributed by atoms with Gasteiger partial charge in [0, 0.05) is 18.7 Å². The number of sulfone groups is 1. The van der Waals surface area contributed by atoms with Crippen molar-refractivity contribution in [2.75, 3.05) is 19.6 Å². The fourth-order valence-electron chi connectivity index (χ4n) is 3.72. The van der Waals surface area contributed by atoms with Crippen LogP contribution in [0.15, 0.2) is 29.2 Å². The van der Waals surface area contributed by atoms with Gasteiger partial charge in [-0.1, -0.05) is 19.8 Å². The van der Waals surface area contributed by atoms with Crippen molar-refractivity contribution in [1.82, 2.24) is 4.90 Å². The number of hydrogen-bond donors (Lipinski definition) is 1. The Balaban J connectivity index is 0.00000225. The maximum atomic E-state index is 12.6. The van der Waals surface area contributed by atoms with Crippen LogP contribution in [0.3, 0.4) is 0 Å². The molecule has 1 atom stereocenters. The monoisotopic (exact) mass is 386 g/mol. The average Bonchev–Trinajstić information content (AvgIpc) is 3.25. The molecule has 5 nitrogen and oxygen atoms in total. The number of nitrogens with zero attached hydrogens (tertiary/aromatic N) is 1. The maximum absolute atomic E-state index is 12.6. The minimum absolute atomic E-state index is 0. The Bertz CT molecular complexity index is 714. The molecule has 2 aliphatic rings. The molecule has 1 aliphatic heterocycles. The summed E-state index contributed by atoms with van der Waals surface area (Å²) >= 11 is 0. The molecule has 0 aromatic heterocycles. The first-order chi connectivity index (χ1) is 11.4. The third kappa shape index (κ3) is 4.01. The molecule has 0 spiro atoms. The number of carbonyl (C=O) groups is 1. The lowest BCUT2D eigenvalue weighted by Crippen LogP contribution is -2.34. The second kappa shape index (κ2) is 7.64.